The molecule has 0 amide bonds. The van der Waals surface area contributed by atoms with Crippen LogP contribution in [0.4, 0.5) is 4.39 Å². The standard InChI is InChI=1S/C14H22FNO2/c1-4-9-16-13(14(17-2)18-3)10-11-7-5-6-8-12(11)15/h5-8,13-14,16H,4,9-10H2,1-3H3. The maximum absolute atomic E-state index is 13.6. The molecule has 18 heavy (non-hydrogen) atoms. The Labute approximate surface area is 108 Å². The van der Waals surface area contributed by atoms with Gasteiger partial charge in [0.25, 0.3) is 0 Å². The van der Waals surface area contributed by atoms with Crippen molar-refractivity contribution in [2.45, 2.75) is 32.1 Å². The Kier molecular flexibility index (Phi) is 6.86. The van der Waals surface area contributed by atoms with Crippen LogP contribution in [0.2, 0.25) is 0 Å². The van der Waals surface area contributed by atoms with E-state index in [1.54, 1.807) is 26.4 Å². The average molecular weight is 255 g/mol. The molecule has 0 spiro atoms. The van der Waals surface area contributed by atoms with Crippen molar-refractivity contribution in [2.24, 2.45) is 0 Å². The van der Waals surface area contributed by atoms with E-state index in [0.29, 0.717) is 12.0 Å². The minimum atomic E-state index is -0.379. The van der Waals surface area contributed by atoms with Crippen LogP contribution >= 0.6 is 0 Å². The monoisotopic (exact) mass is 255 g/mol. The number of methoxy groups -OCH3 is 2. The molecule has 1 aromatic rings. The maximum atomic E-state index is 13.6. The van der Waals surface area contributed by atoms with E-state index in [9.17, 15) is 4.39 Å². The molecular weight excluding hydrogens is 233 g/mol. The van der Waals surface area contributed by atoms with Crippen LogP contribution in [-0.4, -0.2) is 33.1 Å². The number of ether oxygens (including phenoxy) is 2. The molecule has 0 heterocycles. The smallest absolute Gasteiger partial charge is 0.172 e. The summed E-state index contributed by atoms with van der Waals surface area (Å²) < 4.78 is 24.2. The highest BCUT2D eigenvalue weighted by Crippen LogP contribution is 2.12. The van der Waals surface area contributed by atoms with Crippen molar-refractivity contribution in [1.82, 2.24) is 5.32 Å². The Bertz CT molecular complexity index is 342. The molecule has 0 aliphatic rings. The van der Waals surface area contributed by atoms with Gasteiger partial charge in [-0.3, -0.25) is 0 Å². The van der Waals surface area contributed by atoms with Crippen LogP contribution in [0, 0.1) is 5.82 Å². The first kappa shape index (κ1) is 15.1. The van der Waals surface area contributed by atoms with E-state index < -0.39 is 0 Å². The summed E-state index contributed by atoms with van der Waals surface area (Å²) in [6, 6.07) is 6.73. The zero-order chi connectivity index (χ0) is 13.4. The molecule has 4 heteroatoms. The van der Waals surface area contributed by atoms with Gasteiger partial charge in [-0.1, -0.05) is 25.1 Å². The molecule has 102 valence electrons. The fraction of sp³-hybridized carbons (Fsp3) is 0.571. The molecule has 1 atom stereocenters. The van der Waals surface area contributed by atoms with Gasteiger partial charge in [0.1, 0.15) is 5.82 Å². The summed E-state index contributed by atoms with van der Waals surface area (Å²) in [6.45, 7) is 2.93. The zero-order valence-electron chi connectivity index (χ0n) is 11.3. The van der Waals surface area contributed by atoms with E-state index in [0.717, 1.165) is 13.0 Å². The number of halogens is 1. The number of hydrogen-bond donors (Lipinski definition) is 1. The van der Waals surface area contributed by atoms with Crippen molar-refractivity contribution in [3.8, 4) is 0 Å². The van der Waals surface area contributed by atoms with Crippen LogP contribution in [0.15, 0.2) is 24.3 Å². The highest BCUT2D eigenvalue weighted by Gasteiger charge is 2.21. The third kappa shape index (κ3) is 4.37. The van der Waals surface area contributed by atoms with Crippen LogP contribution in [0.1, 0.15) is 18.9 Å². The Morgan fingerprint density at radius 1 is 1.22 bits per heavy atom. The van der Waals surface area contributed by atoms with Crippen molar-refractivity contribution >= 4 is 0 Å². The Morgan fingerprint density at radius 2 is 1.89 bits per heavy atom. The third-order valence-electron chi connectivity index (χ3n) is 2.85. The number of rotatable bonds is 8. The van der Waals surface area contributed by atoms with E-state index in [1.165, 1.54) is 6.07 Å². The molecule has 1 aromatic carbocycles. The van der Waals surface area contributed by atoms with Crippen LogP contribution < -0.4 is 5.32 Å². The lowest BCUT2D eigenvalue weighted by Crippen LogP contribution is -2.44. The van der Waals surface area contributed by atoms with Crippen LogP contribution in [0.5, 0.6) is 0 Å². The summed E-state index contributed by atoms with van der Waals surface area (Å²) >= 11 is 0. The second-order valence-corrected chi connectivity index (χ2v) is 4.20. The molecule has 1 N–H and O–H groups in total. The highest BCUT2D eigenvalue weighted by molar-refractivity contribution is 5.18. The molecule has 3 nitrogen and oxygen atoms in total. The Balaban J connectivity index is 2.74. The third-order valence-corrected chi connectivity index (χ3v) is 2.85. The van der Waals surface area contributed by atoms with E-state index in [1.807, 2.05) is 6.07 Å². The van der Waals surface area contributed by atoms with Crippen molar-refractivity contribution in [3.63, 3.8) is 0 Å². The van der Waals surface area contributed by atoms with Gasteiger partial charge in [-0.05, 0) is 31.0 Å². The lowest BCUT2D eigenvalue weighted by Gasteiger charge is -2.26. The molecule has 0 bridgehead atoms. The fourth-order valence-corrected chi connectivity index (χ4v) is 1.92. The Hall–Kier alpha value is -0.970. The molecule has 0 fully saturated rings. The summed E-state index contributed by atoms with van der Waals surface area (Å²) in [5, 5.41) is 3.33. The first-order valence-electron chi connectivity index (χ1n) is 6.25. The van der Waals surface area contributed by atoms with Gasteiger partial charge in [-0.2, -0.15) is 0 Å². The second-order valence-electron chi connectivity index (χ2n) is 4.20. The maximum Gasteiger partial charge on any atom is 0.172 e. The summed E-state index contributed by atoms with van der Waals surface area (Å²) in [6.07, 6.45) is 1.17. The number of benzene rings is 1. The van der Waals surface area contributed by atoms with Gasteiger partial charge in [-0.15, -0.1) is 0 Å². The van der Waals surface area contributed by atoms with Crippen molar-refractivity contribution in [3.05, 3.63) is 35.6 Å². The largest absolute Gasteiger partial charge is 0.354 e. The van der Waals surface area contributed by atoms with Crippen LogP contribution in [-0.2, 0) is 15.9 Å². The van der Waals surface area contributed by atoms with Crippen molar-refractivity contribution in [2.75, 3.05) is 20.8 Å². The molecule has 0 radical (unpaired) electrons. The second kappa shape index (κ2) is 8.19. The highest BCUT2D eigenvalue weighted by atomic mass is 19.1. The molecule has 0 aliphatic carbocycles. The van der Waals surface area contributed by atoms with Crippen molar-refractivity contribution in [1.29, 1.82) is 0 Å². The first-order chi connectivity index (χ1) is 8.72. The summed E-state index contributed by atoms with van der Waals surface area (Å²) in [4.78, 5) is 0. The zero-order valence-corrected chi connectivity index (χ0v) is 11.3. The first-order valence-corrected chi connectivity index (χ1v) is 6.25. The van der Waals surface area contributed by atoms with E-state index in [4.69, 9.17) is 9.47 Å². The van der Waals surface area contributed by atoms with Gasteiger partial charge < -0.3 is 14.8 Å². The van der Waals surface area contributed by atoms with Gasteiger partial charge in [0.05, 0.1) is 6.04 Å². The van der Waals surface area contributed by atoms with Crippen molar-refractivity contribution < 1.29 is 13.9 Å². The molecule has 1 rings (SSSR count). The average Bonchev–Trinajstić information content (AvgIpc) is 2.39. The van der Waals surface area contributed by atoms with Gasteiger partial charge in [0.2, 0.25) is 0 Å². The summed E-state index contributed by atoms with van der Waals surface area (Å²) in [7, 11) is 3.19. The van der Waals surface area contributed by atoms with Gasteiger partial charge in [0, 0.05) is 14.2 Å². The van der Waals surface area contributed by atoms with E-state index >= 15 is 0 Å². The SMILES string of the molecule is CCCNC(Cc1ccccc1F)C(OC)OC. The minimum absolute atomic E-state index is 0.0585. The lowest BCUT2D eigenvalue weighted by atomic mass is 10.0. The minimum Gasteiger partial charge on any atom is -0.354 e. The molecule has 0 saturated carbocycles. The normalized spacial score (nSPS) is 12.9. The molecule has 0 aromatic heterocycles. The molecular formula is C14H22FNO2. The molecule has 0 saturated heterocycles. The van der Waals surface area contributed by atoms with E-state index in [-0.39, 0.29) is 18.1 Å². The summed E-state index contributed by atoms with van der Waals surface area (Å²) in [5.41, 5.74) is 0.671. The Morgan fingerprint density at radius 3 is 2.44 bits per heavy atom. The fourth-order valence-electron chi connectivity index (χ4n) is 1.92. The van der Waals surface area contributed by atoms with Gasteiger partial charge in [-0.25, -0.2) is 4.39 Å². The predicted molar refractivity (Wildman–Crippen MR) is 70.0 cm³/mol. The quantitative estimate of drug-likeness (QED) is 0.723. The number of nitrogens with one attached hydrogen (secondary N) is 1. The molecule has 0 aliphatic heterocycles. The van der Waals surface area contributed by atoms with Crippen LogP contribution in [0.25, 0.3) is 0 Å². The summed E-state index contributed by atoms with van der Waals surface area (Å²) in [5.74, 6) is -0.188. The van der Waals surface area contributed by atoms with E-state index in [2.05, 4.69) is 12.2 Å². The number of hydrogen-bond acceptors (Lipinski definition) is 3. The van der Waals surface area contributed by atoms with Gasteiger partial charge >= 0.3 is 0 Å². The van der Waals surface area contributed by atoms with Crippen LogP contribution in [0.3, 0.4) is 0 Å². The van der Waals surface area contributed by atoms with Gasteiger partial charge in [0.15, 0.2) is 6.29 Å². The lowest BCUT2D eigenvalue weighted by molar-refractivity contribution is -0.122. The predicted octanol–water partition coefficient (Wildman–Crippen LogP) is 2.36. The molecule has 1 unspecified atom stereocenters. The topological polar surface area (TPSA) is 30.5 Å².